The van der Waals surface area contributed by atoms with Gasteiger partial charge in [-0.1, -0.05) is 40.5 Å². The van der Waals surface area contributed by atoms with Gasteiger partial charge in [-0.05, 0) is 43.2 Å². The third kappa shape index (κ3) is 2.98. The van der Waals surface area contributed by atoms with E-state index in [2.05, 4.69) is 33.0 Å². The molecule has 0 spiro atoms. The van der Waals surface area contributed by atoms with Gasteiger partial charge in [0.15, 0.2) is 0 Å². The first-order valence-corrected chi connectivity index (χ1v) is 6.37. The van der Waals surface area contributed by atoms with Crippen molar-refractivity contribution in [3.8, 4) is 0 Å². The van der Waals surface area contributed by atoms with E-state index < -0.39 is 0 Å². The first-order valence-electron chi connectivity index (χ1n) is 6.37. The van der Waals surface area contributed by atoms with Crippen molar-refractivity contribution in [2.75, 3.05) is 13.1 Å². The molecule has 14 heavy (non-hydrogen) atoms. The lowest BCUT2D eigenvalue weighted by Gasteiger charge is -2.39. The lowest BCUT2D eigenvalue weighted by molar-refractivity contribution is 0.122. The van der Waals surface area contributed by atoms with Gasteiger partial charge in [0.25, 0.3) is 0 Å². The number of hydrogen-bond donors (Lipinski definition) is 1. The summed E-state index contributed by atoms with van der Waals surface area (Å²) in [4.78, 5) is 0. The van der Waals surface area contributed by atoms with Gasteiger partial charge in [0, 0.05) is 0 Å². The van der Waals surface area contributed by atoms with Crippen LogP contribution >= 0.6 is 0 Å². The van der Waals surface area contributed by atoms with Gasteiger partial charge in [-0.3, -0.25) is 0 Å². The van der Waals surface area contributed by atoms with Crippen LogP contribution in [0, 0.1) is 23.7 Å². The van der Waals surface area contributed by atoms with Gasteiger partial charge in [0.2, 0.25) is 0 Å². The molecule has 0 bridgehead atoms. The van der Waals surface area contributed by atoms with E-state index in [0.717, 1.165) is 30.2 Å². The Kier molecular flexibility index (Phi) is 4.94. The molecule has 0 amide bonds. The zero-order valence-corrected chi connectivity index (χ0v) is 10.3. The molecule has 84 valence electrons. The fourth-order valence-electron chi connectivity index (χ4n) is 3.02. The Labute approximate surface area is 89.7 Å². The third-order valence-electron chi connectivity index (χ3n) is 3.96. The van der Waals surface area contributed by atoms with Crippen molar-refractivity contribution >= 4 is 0 Å². The van der Waals surface area contributed by atoms with Gasteiger partial charge in [0.05, 0.1) is 0 Å². The van der Waals surface area contributed by atoms with Crippen LogP contribution in [-0.4, -0.2) is 13.1 Å². The summed E-state index contributed by atoms with van der Waals surface area (Å²) in [5, 5.41) is 3.53. The molecule has 0 aromatic carbocycles. The summed E-state index contributed by atoms with van der Waals surface area (Å²) in [6.45, 7) is 11.8. The summed E-state index contributed by atoms with van der Waals surface area (Å²) in [6.07, 6.45) is 4.35. The van der Waals surface area contributed by atoms with Crippen molar-refractivity contribution in [1.82, 2.24) is 5.32 Å². The molecule has 1 saturated carbocycles. The normalized spacial score (nSPS) is 33.6. The van der Waals surface area contributed by atoms with Crippen LogP contribution in [0.1, 0.15) is 47.0 Å². The number of nitrogens with one attached hydrogen (secondary N) is 1. The van der Waals surface area contributed by atoms with Gasteiger partial charge < -0.3 is 5.32 Å². The molecule has 1 nitrogen and oxygen atoms in total. The lowest BCUT2D eigenvalue weighted by Crippen LogP contribution is -2.37. The van der Waals surface area contributed by atoms with Crippen LogP contribution in [0.4, 0.5) is 0 Å². The second kappa shape index (κ2) is 5.75. The zero-order valence-electron chi connectivity index (χ0n) is 10.3. The van der Waals surface area contributed by atoms with Crippen LogP contribution < -0.4 is 5.32 Å². The minimum atomic E-state index is 0.862. The van der Waals surface area contributed by atoms with Crippen molar-refractivity contribution in [2.45, 2.75) is 47.0 Å². The Balaban J connectivity index is 2.52. The quantitative estimate of drug-likeness (QED) is 0.729. The largest absolute Gasteiger partial charge is 0.317 e. The van der Waals surface area contributed by atoms with Gasteiger partial charge in [-0.15, -0.1) is 0 Å². The van der Waals surface area contributed by atoms with E-state index >= 15 is 0 Å². The second-order valence-corrected chi connectivity index (χ2v) is 5.29. The smallest absolute Gasteiger partial charge is 0.00153 e. The maximum absolute atomic E-state index is 3.53. The average Bonchev–Trinajstić information content (AvgIpc) is 2.15. The van der Waals surface area contributed by atoms with Gasteiger partial charge in [-0.2, -0.15) is 0 Å². The molecule has 1 heteroatoms. The Bertz CT molecular complexity index is 153. The molecule has 3 unspecified atom stereocenters. The second-order valence-electron chi connectivity index (χ2n) is 5.29. The molecule has 0 aliphatic heterocycles. The van der Waals surface area contributed by atoms with Crippen molar-refractivity contribution in [3.63, 3.8) is 0 Å². The van der Waals surface area contributed by atoms with E-state index in [-0.39, 0.29) is 0 Å². The molecule has 1 rings (SSSR count). The molecule has 0 aromatic heterocycles. The molecule has 1 N–H and O–H groups in total. The summed E-state index contributed by atoms with van der Waals surface area (Å²) < 4.78 is 0. The van der Waals surface area contributed by atoms with E-state index in [1.807, 2.05) is 0 Å². The van der Waals surface area contributed by atoms with E-state index in [4.69, 9.17) is 0 Å². The van der Waals surface area contributed by atoms with Crippen molar-refractivity contribution < 1.29 is 0 Å². The lowest BCUT2D eigenvalue weighted by atomic mass is 9.68. The van der Waals surface area contributed by atoms with E-state index in [1.54, 1.807) is 0 Å². The summed E-state index contributed by atoms with van der Waals surface area (Å²) in [6, 6.07) is 0. The Morgan fingerprint density at radius 3 is 2.57 bits per heavy atom. The van der Waals surface area contributed by atoms with E-state index in [1.165, 1.54) is 25.8 Å². The van der Waals surface area contributed by atoms with Gasteiger partial charge in [-0.25, -0.2) is 0 Å². The van der Waals surface area contributed by atoms with Crippen LogP contribution in [-0.2, 0) is 0 Å². The summed E-state index contributed by atoms with van der Waals surface area (Å²) >= 11 is 0. The fraction of sp³-hybridized carbons (Fsp3) is 1.00. The monoisotopic (exact) mass is 197 g/mol. The minimum Gasteiger partial charge on any atom is -0.317 e. The van der Waals surface area contributed by atoms with Crippen molar-refractivity contribution in [2.24, 2.45) is 23.7 Å². The van der Waals surface area contributed by atoms with Crippen molar-refractivity contribution in [3.05, 3.63) is 0 Å². The van der Waals surface area contributed by atoms with Gasteiger partial charge in [0.1, 0.15) is 0 Å². The van der Waals surface area contributed by atoms with Crippen molar-refractivity contribution in [1.29, 1.82) is 0 Å². The molecule has 0 heterocycles. The van der Waals surface area contributed by atoms with Gasteiger partial charge >= 0.3 is 0 Å². The Morgan fingerprint density at radius 2 is 2.00 bits per heavy atom. The highest BCUT2D eigenvalue weighted by Crippen LogP contribution is 2.38. The standard InChI is InChI=1S/C13H27N/c1-5-14-9-13-11(4)7-6-8-12(13)10(2)3/h10-14H,5-9H2,1-4H3. The molecule has 1 fully saturated rings. The number of hydrogen-bond acceptors (Lipinski definition) is 1. The topological polar surface area (TPSA) is 12.0 Å². The maximum atomic E-state index is 3.53. The molecule has 3 atom stereocenters. The van der Waals surface area contributed by atoms with Crippen LogP contribution in [0.25, 0.3) is 0 Å². The molecule has 0 aromatic rings. The first kappa shape index (κ1) is 12.0. The van der Waals surface area contributed by atoms with Crippen LogP contribution in [0.5, 0.6) is 0 Å². The fourth-order valence-corrected chi connectivity index (χ4v) is 3.02. The predicted molar refractivity (Wildman–Crippen MR) is 63.4 cm³/mol. The first-order chi connectivity index (χ1) is 6.66. The molecule has 0 radical (unpaired) electrons. The third-order valence-corrected chi connectivity index (χ3v) is 3.96. The SMILES string of the molecule is CCNCC1C(C)CCCC1C(C)C. The molecule has 1 aliphatic rings. The number of rotatable bonds is 4. The summed E-state index contributed by atoms with van der Waals surface area (Å²) in [5.74, 6) is 3.66. The predicted octanol–water partition coefficient (Wildman–Crippen LogP) is 3.30. The van der Waals surface area contributed by atoms with Crippen LogP contribution in [0.15, 0.2) is 0 Å². The molecule has 0 saturated heterocycles. The highest BCUT2D eigenvalue weighted by Gasteiger charge is 2.31. The Morgan fingerprint density at radius 1 is 1.29 bits per heavy atom. The maximum Gasteiger partial charge on any atom is -0.00153 e. The van der Waals surface area contributed by atoms with E-state index in [9.17, 15) is 0 Å². The molecular weight excluding hydrogens is 170 g/mol. The molecule has 1 aliphatic carbocycles. The zero-order chi connectivity index (χ0) is 10.6. The summed E-state index contributed by atoms with van der Waals surface area (Å²) in [5.41, 5.74) is 0. The van der Waals surface area contributed by atoms with Crippen LogP contribution in [0.2, 0.25) is 0 Å². The average molecular weight is 197 g/mol. The van der Waals surface area contributed by atoms with E-state index in [0.29, 0.717) is 0 Å². The Hall–Kier alpha value is -0.0400. The summed E-state index contributed by atoms with van der Waals surface area (Å²) in [7, 11) is 0. The van der Waals surface area contributed by atoms with Crippen LogP contribution in [0.3, 0.4) is 0 Å². The highest BCUT2D eigenvalue weighted by atomic mass is 14.9. The molecular formula is C13H27N. The highest BCUT2D eigenvalue weighted by molar-refractivity contribution is 4.83. The minimum absolute atomic E-state index is 0.862.